The predicted molar refractivity (Wildman–Crippen MR) is 104 cm³/mol. The molecule has 8 heteroatoms. The third kappa shape index (κ3) is 2.97. The van der Waals surface area contributed by atoms with Gasteiger partial charge in [-0.25, -0.2) is 4.98 Å². The van der Waals surface area contributed by atoms with Gasteiger partial charge in [0, 0.05) is 6.42 Å². The van der Waals surface area contributed by atoms with Crippen LogP contribution >= 0.6 is 0 Å². The number of aliphatic hydroxyl groups excluding tert-OH is 3. The van der Waals surface area contributed by atoms with Crippen molar-refractivity contribution in [3.8, 4) is 0 Å². The molecule has 4 atom stereocenters. The molecule has 0 aliphatic carbocycles. The van der Waals surface area contributed by atoms with E-state index in [0.29, 0.717) is 17.9 Å². The number of hydrogen-bond donors (Lipinski definition) is 3. The fourth-order valence-electron chi connectivity index (χ4n) is 3.87. The number of aliphatic hydroxyl groups is 3. The second-order valence-corrected chi connectivity index (χ2v) is 7.19. The Kier molecular flexibility index (Phi) is 4.48. The second-order valence-electron chi connectivity index (χ2n) is 7.19. The Morgan fingerprint density at radius 2 is 1.69 bits per heavy atom. The minimum Gasteiger partial charge on any atom is -0.394 e. The van der Waals surface area contributed by atoms with Gasteiger partial charge in [-0.1, -0.05) is 42.5 Å². The van der Waals surface area contributed by atoms with Crippen molar-refractivity contribution in [3.63, 3.8) is 0 Å². The minimum atomic E-state index is -1.22. The summed E-state index contributed by atoms with van der Waals surface area (Å²) in [5, 5.41) is 38.7. The summed E-state index contributed by atoms with van der Waals surface area (Å²) in [6.07, 6.45) is -3.63. The van der Waals surface area contributed by atoms with Crippen LogP contribution in [-0.4, -0.2) is 59.8 Å². The van der Waals surface area contributed by atoms with Gasteiger partial charge < -0.3 is 20.1 Å². The highest BCUT2D eigenvalue weighted by Gasteiger charge is 2.45. The van der Waals surface area contributed by atoms with Gasteiger partial charge in [0.2, 0.25) is 0 Å². The lowest BCUT2D eigenvalue weighted by Gasteiger charge is -2.14. The molecule has 4 aromatic rings. The molecule has 0 spiro atoms. The van der Waals surface area contributed by atoms with Gasteiger partial charge in [-0.05, 0) is 17.7 Å². The third-order valence-corrected chi connectivity index (χ3v) is 5.34. The zero-order valence-electron chi connectivity index (χ0n) is 15.5. The Hall–Kier alpha value is -2.91. The topological polar surface area (TPSA) is 113 Å². The smallest absolute Gasteiger partial charge is 0.183 e. The van der Waals surface area contributed by atoms with Crippen LogP contribution in [0.15, 0.2) is 54.6 Å². The summed E-state index contributed by atoms with van der Waals surface area (Å²) in [5.41, 5.74) is 3.95. The van der Waals surface area contributed by atoms with Gasteiger partial charge in [0.25, 0.3) is 0 Å². The van der Waals surface area contributed by atoms with E-state index >= 15 is 0 Å². The number of para-hydroxylation sites is 2. The lowest BCUT2D eigenvalue weighted by atomic mass is 10.1. The number of fused-ring (bicyclic) bond motifs is 3. The van der Waals surface area contributed by atoms with Gasteiger partial charge in [-0.2, -0.15) is 0 Å². The molecular weight excluding hydrogens is 372 g/mol. The maximum absolute atomic E-state index is 10.5. The lowest BCUT2D eigenvalue weighted by Crippen LogP contribution is -2.32. The predicted octanol–water partition coefficient (Wildman–Crippen LogP) is 1.02. The maximum Gasteiger partial charge on any atom is 0.183 e. The number of nitrogens with zero attached hydrogens (tertiary/aromatic N) is 4. The SMILES string of the molecule is OC[C@H]1O[C@@H](c2nnc3c(Cc4ccccc4)nc4ccccc4n23)[C@@H](O)[C@@H]1O. The molecule has 0 unspecified atom stereocenters. The van der Waals surface area contributed by atoms with Crippen molar-refractivity contribution in [2.45, 2.75) is 30.8 Å². The van der Waals surface area contributed by atoms with Crippen molar-refractivity contribution < 1.29 is 20.1 Å². The molecule has 1 saturated heterocycles. The normalized spacial score (nSPS) is 24.5. The highest BCUT2D eigenvalue weighted by atomic mass is 16.6. The third-order valence-electron chi connectivity index (χ3n) is 5.34. The maximum atomic E-state index is 10.5. The Balaban J connectivity index is 1.69. The van der Waals surface area contributed by atoms with E-state index in [9.17, 15) is 15.3 Å². The van der Waals surface area contributed by atoms with Crippen LogP contribution in [0.1, 0.15) is 23.2 Å². The molecule has 29 heavy (non-hydrogen) atoms. The van der Waals surface area contributed by atoms with E-state index in [1.54, 1.807) is 0 Å². The monoisotopic (exact) mass is 392 g/mol. The summed E-state index contributed by atoms with van der Waals surface area (Å²) in [6.45, 7) is -0.396. The standard InChI is InChI=1S/C21H20N4O4/c26-11-16-17(27)18(28)19(29-16)21-24-23-20-14(10-12-6-2-1-3-7-12)22-13-8-4-5-9-15(13)25(20)21/h1-9,16-19,26-28H,10-11H2/t16-,17-,18+,19-/m1/s1. The quantitative estimate of drug-likeness (QED) is 0.475. The summed E-state index contributed by atoms with van der Waals surface area (Å²) in [4.78, 5) is 4.79. The number of rotatable bonds is 4. The molecule has 5 rings (SSSR count). The van der Waals surface area contributed by atoms with Gasteiger partial charge in [-0.3, -0.25) is 4.40 Å². The minimum absolute atomic E-state index is 0.371. The summed E-state index contributed by atoms with van der Waals surface area (Å²) < 4.78 is 7.52. The van der Waals surface area contributed by atoms with Gasteiger partial charge in [0.1, 0.15) is 24.4 Å². The molecule has 1 fully saturated rings. The zero-order chi connectivity index (χ0) is 20.0. The van der Waals surface area contributed by atoms with Crippen LogP contribution in [0.5, 0.6) is 0 Å². The fourth-order valence-corrected chi connectivity index (χ4v) is 3.87. The average molecular weight is 392 g/mol. The zero-order valence-corrected chi connectivity index (χ0v) is 15.5. The van der Waals surface area contributed by atoms with Crippen LogP contribution in [-0.2, 0) is 11.2 Å². The number of benzene rings is 2. The van der Waals surface area contributed by atoms with Gasteiger partial charge in [0.05, 0.1) is 23.3 Å². The van der Waals surface area contributed by atoms with Gasteiger partial charge >= 0.3 is 0 Å². The first-order valence-corrected chi connectivity index (χ1v) is 9.46. The largest absolute Gasteiger partial charge is 0.394 e. The Labute approximate surface area is 166 Å². The summed E-state index contributed by atoms with van der Waals surface area (Å²) in [7, 11) is 0. The van der Waals surface area contributed by atoms with Crippen LogP contribution in [0, 0.1) is 0 Å². The average Bonchev–Trinajstić information content (AvgIpc) is 3.31. The molecule has 1 aliphatic rings. The molecule has 0 bridgehead atoms. The van der Waals surface area contributed by atoms with Crippen LogP contribution in [0.4, 0.5) is 0 Å². The molecule has 148 valence electrons. The van der Waals surface area contributed by atoms with Gasteiger partial charge in [-0.15, -0.1) is 10.2 Å². The van der Waals surface area contributed by atoms with Crippen molar-refractivity contribution in [1.29, 1.82) is 0 Å². The molecule has 0 amide bonds. The van der Waals surface area contributed by atoms with Crippen molar-refractivity contribution in [1.82, 2.24) is 19.6 Å². The van der Waals surface area contributed by atoms with Crippen LogP contribution in [0.3, 0.4) is 0 Å². The van der Waals surface area contributed by atoms with Crippen molar-refractivity contribution in [2.24, 2.45) is 0 Å². The first-order chi connectivity index (χ1) is 14.2. The van der Waals surface area contributed by atoms with E-state index in [4.69, 9.17) is 9.72 Å². The van der Waals surface area contributed by atoms with Crippen molar-refractivity contribution in [2.75, 3.05) is 6.61 Å². The Morgan fingerprint density at radius 1 is 0.931 bits per heavy atom. The van der Waals surface area contributed by atoms with E-state index in [1.165, 1.54) is 0 Å². The molecule has 0 saturated carbocycles. The number of hydrogen-bond acceptors (Lipinski definition) is 7. The van der Waals surface area contributed by atoms with Crippen molar-refractivity contribution in [3.05, 3.63) is 71.7 Å². The highest BCUT2D eigenvalue weighted by Crippen LogP contribution is 2.34. The van der Waals surface area contributed by atoms with E-state index < -0.39 is 31.0 Å². The summed E-state index contributed by atoms with van der Waals surface area (Å²) >= 11 is 0. The first-order valence-electron chi connectivity index (χ1n) is 9.46. The molecule has 0 radical (unpaired) electrons. The van der Waals surface area contributed by atoms with E-state index in [-0.39, 0.29) is 0 Å². The van der Waals surface area contributed by atoms with Crippen LogP contribution in [0.2, 0.25) is 0 Å². The Bertz CT molecular complexity index is 1160. The summed E-state index contributed by atoms with van der Waals surface area (Å²) in [6, 6.07) is 17.6. The van der Waals surface area contributed by atoms with Crippen molar-refractivity contribution >= 4 is 16.7 Å². The van der Waals surface area contributed by atoms with E-state index in [0.717, 1.165) is 22.3 Å². The molecule has 3 heterocycles. The fraction of sp³-hybridized carbons (Fsp3) is 0.286. The van der Waals surface area contributed by atoms with Crippen LogP contribution in [0.25, 0.3) is 16.7 Å². The highest BCUT2D eigenvalue weighted by molar-refractivity contribution is 5.78. The Morgan fingerprint density at radius 3 is 2.45 bits per heavy atom. The number of aromatic nitrogens is 4. The van der Waals surface area contributed by atoms with E-state index in [2.05, 4.69) is 10.2 Å². The number of ether oxygens (including phenoxy) is 1. The molecule has 3 N–H and O–H groups in total. The molecule has 2 aromatic carbocycles. The molecular formula is C21H20N4O4. The van der Waals surface area contributed by atoms with Crippen LogP contribution < -0.4 is 0 Å². The molecule has 1 aliphatic heterocycles. The summed E-state index contributed by atoms with van der Waals surface area (Å²) in [5.74, 6) is 0.371. The second kappa shape index (κ2) is 7.16. The first kappa shape index (κ1) is 18.1. The lowest BCUT2D eigenvalue weighted by molar-refractivity contribution is -0.0254. The molecule has 2 aromatic heterocycles. The van der Waals surface area contributed by atoms with E-state index in [1.807, 2.05) is 59.0 Å². The molecule has 8 nitrogen and oxygen atoms in total. The van der Waals surface area contributed by atoms with Gasteiger partial charge in [0.15, 0.2) is 11.5 Å².